The Kier molecular flexibility index (Phi) is 4.79. The van der Waals surface area contributed by atoms with Crippen molar-refractivity contribution in [2.45, 2.75) is 18.9 Å². The van der Waals surface area contributed by atoms with Gasteiger partial charge in [-0.1, -0.05) is 0 Å². The molecule has 134 valence electrons. The van der Waals surface area contributed by atoms with Crippen molar-refractivity contribution in [3.8, 4) is 28.3 Å². The van der Waals surface area contributed by atoms with Crippen molar-refractivity contribution in [3.05, 3.63) is 42.9 Å². The Morgan fingerprint density at radius 1 is 1.08 bits per heavy atom. The Balaban J connectivity index is 1.53. The summed E-state index contributed by atoms with van der Waals surface area (Å²) in [6, 6.07) is 8.50. The van der Waals surface area contributed by atoms with Crippen LogP contribution in [-0.2, 0) is 0 Å². The molecule has 4 rings (SSSR count). The van der Waals surface area contributed by atoms with E-state index in [-0.39, 0.29) is 0 Å². The molecule has 0 aliphatic carbocycles. The highest BCUT2D eigenvalue weighted by molar-refractivity contribution is 5.71. The second-order valence-electron chi connectivity index (χ2n) is 6.34. The Labute approximate surface area is 152 Å². The largest absolute Gasteiger partial charge is 0.481 e. The number of piperidine rings is 1. The van der Waals surface area contributed by atoms with E-state index in [1.165, 1.54) is 0 Å². The number of nitrogens with one attached hydrogen (secondary N) is 3. The van der Waals surface area contributed by atoms with Gasteiger partial charge in [-0.05, 0) is 50.2 Å². The minimum absolute atomic E-state index is 0.488. The number of methoxy groups -OCH3 is 1. The molecule has 7 nitrogen and oxygen atoms in total. The van der Waals surface area contributed by atoms with E-state index in [1.807, 2.05) is 36.7 Å². The quantitative estimate of drug-likeness (QED) is 0.656. The number of nitrogens with zero attached hydrogens (tertiary/aromatic N) is 3. The fraction of sp³-hybridized carbons (Fsp3) is 0.316. The molecule has 3 aromatic rings. The van der Waals surface area contributed by atoms with Gasteiger partial charge in [0.05, 0.1) is 19.0 Å². The summed E-state index contributed by atoms with van der Waals surface area (Å²) in [4.78, 5) is 9.18. The molecule has 0 aromatic carbocycles. The van der Waals surface area contributed by atoms with Gasteiger partial charge in [-0.25, -0.2) is 9.97 Å². The molecule has 0 amide bonds. The molecule has 0 saturated carbocycles. The van der Waals surface area contributed by atoms with Crippen LogP contribution in [0.3, 0.4) is 0 Å². The fourth-order valence-corrected chi connectivity index (χ4v) is 3.18. The lowest BCUT2D eigenvalue weighted by molar-refractivity contribution is 0.400. The standard InChI is InChI=1S/C19H22N6O/c1-26-19-16(14-11-22-23-12-14)3-4-17(25-19)13-2-5-18(21-10-13)24-15-6-8-20-9-7-15/h2-5,10-12,15,20H,6-9H2,1H3,(H,21,24)(H,22,23). The van der Waals surface area contributed by atoms with Crippen molar-refractivity contribution in [3.63, 3.8) is 0 Å². The van der Waals surface area contributed by atoms with Gasteiger partial charge in [0, 0.05) is 35.1 Å². The minimum atomic E-state index is 0.488. The molecule has 0 bridgehead atoms. The Morgan fingerprint density at radius 3 is 2.65 bits per heavy atom. The van der Waals surface area contributed by atoms with Gasteiger partial charge in [0.25, 0.3) is 0 Å². The molecular weight excluding hydrogens is 328 g/mol. The summed E-state index contributed by atoms with van der Waals surface area (Å²) in [6.45, 7) is 2.12. The van der Waals surface area contributed by atoms with Crippen molar-refractivity contribution < 1.29 is 4.74 Å². The summed E-state index contributed by atoms with van der Waals surface area (Å²) in [7, 11) is 1.62. The zero-order valence-electron chi connectivity index (χ0n) is 14.7. The van der Waals surface area contributed by atoms with Crippen LogP contribution in [0, 0.1) is 0 Å². The number of aromatic amines is 1. The SMILES string of the molecule is COc1nc(-c2ccc(NC3CCNCC3)nc2)ccc1-c1cn[nH]c1. The number of pyridine rings is 2. The van der Waals surface area contributed by atoms with Gasteiger partial charge in [-0.3, -0.25) is 5.10 Å². The van der Waals surface area contributed by atoms with Crippen LogP contribution >= 0.6 is 0 Å². The second kappa shape index (κ2) is 7.53. The van der Waals surface area contributed by atoms with Crippen LogP contribution in [-0.4, -0.2) is 46.4 Å². The predicted molar refractivity (Wildman–Crippen MR) is 101 cm³/mol. The summed E-state index contributed by atoms with van der Waals surface area (Å²) in [5.41, 5.74) is 3.63. The van der Waals surface area contributed by atoms with E-state index >= 15 is 0 Å². The van der Waals surface area contributed by atoms with Gasteiger partial charge in [-0.2, -0.15) is 5.10 Å². The molecule has 1 fully saturated rings. The van der Waals surface area contributed by atoms with Gasteiger partial charge in [0.2, 0.25) is 5.88 Å². The average molecular weight is 350 g/mol. The Hall–Kier alpha value is -2.93. The third-order valence-corrected chi connectivity index (χ3v) is 4.61. The smallest absolute Gasteiger partial charge is 0.221 e. The molecule has 1 saturated heterocycles. The van der Waals surface area contributed by atoms with E-state index in [4.69, 9.17) is 4.74 Å². The first-order valence-electron chi connectivity index (χ1n) is 8.81. The van der Waals surface area contributed by atoms with Crippen molar-refractivity contribution in [1.29, 1.82) is 0 Å². The lowest BCUT2D eigenvalue weighted by atomic mass is 10.1. The number of anilines is 1. The molecule has 1 aliphatic heterocycles. The molecule has 0 atom stereocenters. The van der Waals surface area contributed by atoms with Crippen LogP contribution < -0.4 is 15.4 Å². The van der Waals surface area contributed by atoms with E-state index in [9.17, 15) is 0 Å². The second-order valence-corrected chi connectivity index (χ2v) is 6.34. The van der Waals surface area contributed by atoms with E-state index in [0.29, 0.717) is 11.9 Å². The lowest BCUT2D eigenvalue weighted by Crippen LogP contribution is -2.35. The van der Waals surface area contributed by atoms with Crippen molar-refractivity contribution >= 4 is 5.82 Å². The van der Waals surface area contributed by atoms with E-state index < -0.39 is 0 Å². The molecule has 0 spiro atoms. The maximum absolute atomic E-state index is 5.46. The summed E-state index contributed by atoms with van der Waals surface area (Å²) in [5, 5.41) is 13.7. The van der Waals surface area contributed by atoms with Gasteiger partial charge in [-0.15, -0.1) is 0 Å². The monoisotopic (exact) mass is 350 g/mol. The number of rotatable bonds is 5. The van der Waals surface area contributed by atoms with Crippen molar-refractivity contribution in [2.75, 3.05) is 25.5 Å². The number of aromatic nitrogens is 4. The van der Waals surface area contributed by atoms with Crippen LogP contribution in [0.4, 0.5) is 5.82 Å². The highest BCUT2D eigenvalue weighted by Gasteiger charge is 2.14. The number of ether oxygens (including phenoxy) is 1. The van der Waals surface area contributed by atoms with E-state index in [1.54, 1.807) is 13.3 Å². The topological polar surface area (TPSA) is 87.8 Å². The highest BCUT2D eigenvalue weighted by Crippen LogP contribution is 2.30. The number of H-pyrrole nitrogens is 1. The van der Waals surface area contributed by atoms with Gasteiger partial charge >= 0.3 is 0 Å². The summed E-state index contributed by atoms with van der Waals surface area (Å²) >= 11 is 0. The average Bonchev–Trinajstić information content (AvgIpc) is 3.23. The zero-order valence-corrected chi connectivity index (χ0v) is 14.7. The molecule has 0 radical (unpaired) electrons. The van der Waals surface area contributed by atoms with Gasteiger partial charge < -0.3 is 15.4 Å². The first-order chi connectivity index (χ1) is 12.8. The summed E-state index contributed by atoms with van der Waals surface area (Å²) < 4.78 is 5.46. The van der Waals surface area contributed by atoms with E-state index in [2.05, 4.69) is 30.8 Å². The minimum Gasteiger partial charge on any atom is -0.481 e. The number of hydrogen-bond donors (Lipinski definition) is 3. The maximum atomic E-state index is 5.46. The summed E-state index contributed by atoms with van der Waals surface area (Å²) in [5.74, 6) is 1.48. The molecular formula is C19H22N6O. The normalized spacial score (nSPS) is 15.0. The molecule has 26 heavy (non-hydrogen) atoms. The summed E-state index contributed by atoms with van der Waals surface area (Å²) in [6.07, 6.45) is 7.67. The van der Waals surface area contributed by atoms with Crippen molar-refractivity contribution in [2.24, 2.45) is 0 Å². The van der Waals surface area contributed by atoms with Crippen LogP contribution in [0.15, 0.2) is 42.9 Å². The zero-order chi connectivity index (χ0) is 17.8. The first kappa shape index (κ1) is 16.5. The molecule has 4 heterocycles. The van der Waals surface area contributed by atoms with Crippen LogP contribution in [0.25, 0.3) is 22.4 Å². The highest BCUT2D eigenvalue weighted by atomic mass is 16.5. The predicted octanol–water partition coefficient (Wildman–Crippen LogP) is 2.71. The fourth-order valence-electron chi connectivity index (χ4n) is 3.18. The van der Waals surface area contributed by atoms with Crippen molar-refractivity contribution in [1.82, 2.24) is 25.5 Å². The Morgan fingerprint density at radius 2 is 1.96 bits per heavy atom. The van der Waals surface area contributed by atoms with Gasteiger partial charge in [0.1, 0.15) is 5.82 Å². The molecule has 3 aromatic heterocycles. The Bertz CT molecular complexity index is 841. The third-order valence-electron chi connectivity index (χ3n) is 4.61. The van der Waals surface area contributed by atoms with Gasteiger partial charge in [0.15, 0.2) is 0 Å². The molecule has 7 heteroatoms. The molecule has 1 aliphatic rings. The lowest BCUT2D eigenvalue weighted by Gasteiger charge is -2.24. The van der Waals surface area contributed by atoms with E-state index in [0.717, 1.165) is 54.1 Å². The first-order valence-corrected chi connectivity index (χ1v) is 8.81. The molecule has 0 unspecified atom stereocenters. The van der Waals surface area contributed by atoms with Crippen LogP contribution in [0.5, 0.6) is 5.88 Å². The maximum Gasteiger partial charge on any atom is 0.221 e. The number of hydrogen-bond acceptors (Lipinski definition) is 6. The van der Waals surface area contributed by atoms with Crippen LogP contribution in [0.1, 0.15) is 12.8 Å². The third kappa shape index (κ3) is 3.52. The van der Waals surface area contributed by atoms with Crippen LogP contribution in [0.2, 0.25) is 0 Å². The molecule has 3 N–H and O–H groups in total.